The van der Waals surface area contributed by atoms with E-state index in [1.807, 2.05) is 11.8 Å². The number of hydrogen-bond acceptors (Lipinski definition) is 4. The van der Waals surface area contributed by atoms with E-state index < -0.39 is 0 Å². The highest BCUT2D eigenvalue weighted by atomic mass is 32.2. The molecule has 18 heavy (non-hydrogen) atoms. The van der Waals surface area contributed by atoms with Crippen LogP contribution in [0, 0.1) is 0 Å². The molecule has 0 aromatic carbocycles. The first-order chi connectivity index (χ1) is 8.54. The van der Waals surface area contributed by atoms with Crippen LogP contribution in [0.5, 0.6) is 0 Å². The van der Waals surface area contributed by atoms with Gasteiger partial charge in [-0.05, 0) is 31.4 Å². The Balaban J connectivity index is 2.14. The molecule has 104 valence electrons. The van der Waals surface area contributed by atoms with Crippen LogP contribution in [0.2, 0.25) is 0 Å². The number of hydrogen-bond donors (Lipinski definition) is 1. The van der Waals surface area contributed by atoms with Gasteiger partial charge in [-0.1, -0.05) is 27.2 Å². The third-order valence-corrected chi connectivity index (χ3v) is 4.72. The minimum Gasteiger partial charge on any atom is -0.311 e. The Morgan fingerprint density at radius 1 is 1.28 bits per heavy atom. The first kappa shape index (κ1) is 16.0. The van der Waals surface area contributed by atoms with Crippen molar-refractivity contribution in [2.45, 2.75) is 52.0 Å². The van der Waals surface area contributed by atoms with Gasteiger partial charge in [0.05, 0.1) is 10.7 Å². The summed E-state index contributed by atoms with van der Waals surface area (Å²) in [7, 11) is 0. The molecule has 0 aliphatic carbocycles. The van der Waals surface area contributed by atoms with Crippen molar-refractivity contribution in [1.29, 1.82) is 0 Å². The summed E-state index contributed by atoms with van der Waals surface area (Å²) in [4.78, 5) is 4.68. The minimum absolute atomic E-state index is 0.181. The number of nitrogens with one attached hydrogen (secondary N) is 1. The number of aromatic nitrogens is 1. The molecule has 0 radical (unpaired) electrons. The topological polar surface area (TPSA) is 24.9 Å². The Hall–Kier alpha value is -0.0600. The molecular weight excluding hydrogens is 260 g/mol. The largest absolute Gasteiger partial charge is 0.311 e. The van der Waals surface area contributed by atoms with Crippen molar-refractivity contribution in [1.82, 2.24) is 10.3 Å². The van der Waals surface area contributed by atoms with Crippen LogP contribution in [0.1, 0.15) is 50.7 Å². The molecule has 0 fully saturated rings. The summed E-state index contributed by atoms with van der Waals surface area (Å²) in [6, 6.07) is 0. The minimum atomic E-state index is 0.181. The van der Waals surface area contributed by atoms with Gasteiger partial charge in [0.15, 0.2) is 0 Å². The fourth-order valence-corrected chi connectivity index (χ4v) is 3.02. The molecule has 0 unspecified atom stereocenters. The van der Waals surface area contributed by atoms with E-state index in [1.165, 1.54) is 35.7 Å². The third-order valence-electron chi connectivity index (χ3n) is 2.70. The molecule has 2 nitrogen and oxygen atoms in total. The summed E-state index contributed by atoms with van der Waals surface area (Å²) < 4.78 is 0. The van der Waals surface area contributed by atoms with Crippen LogP contribution in [0.3, 0.4) is 0 Å². The standard InChI is InChI=1S/C14H26N2S2/c1-14(2,3)13-16-12(11-18-13)10-15-8-6-5-7-9-17-4/h11,15H,5-10H2,1-4H3. The highest BCUT2D eigenvalue weighted by Crippen LogP contribution is 2.25. The zero-order valence-corrected chi connectivity index (χ0v) is 13.7. The summed E-state index contributed by atoms with van der Waals surface area (Å²) >= 11 is 3.72. The van der Waals surface area contributed by atoms with Gasteiger partial charge >= 0.3 is 0 Å². The zero-order chi connectivity index (χ0) is 13.4. The number of thioether (sulfide) groups is 1. The van der Waals surface area contributed by atoms with Crippen molar-refractivity contribution < 1.29 is 0 Å². The summed E-state index contributed by atoms with van der Waals surface area (Å²) in [5.41, 5.74) is 1.37. The van der Waals surface area contributed by atoms with Gasteiger partial charge in [-0.15, -0.1) is 11.3 Å². The van der Waals surface area contributed by atoms with Crippen molar-refractivity contribution >= 4 is 23.1 Å². The van der Waals surface area contributed by atoms with E-state index in [9.17, 15) is 0 Å². The molecule has 0 saturated carbocycles. The second-order valence-corrected chi connectivity index (χ2v) is 7.47. The summed E-state index contributed by atoms with van der Waals surface area (Å²) in [5, 5.41) is 6.90. The monoisotopic (exact) mass is 286 g/mol. The molecule has 0 aliphatic heterocycles. The molecule has 0 bridgehead atoms. The number of unbranched alkanes of at least 4 members (excludes halogenated alkanes) is 2. The fourth-order valence-electron chi connectivity index (χ4n) is 1.62. The third kappa shape index (κ3) is 6.21. The Labute approximate surface area is 120 Å². The number of rotatable bonds is 8. The normalized spacial score (nSPS) is 12.0. The molecule has 1 aromatic heterocycles. The maximum Gasteiger partial charge on any atom is 0.0982 e. The summed E-state index contributed by atoms with van der Waals surface area (Å²) in [5.74, 6) is 1.29. The second-order valence-electron chi connectivity index (χ2n) is 5.62. The Kier molecular flexibility index (Phi) is 7.27. The lowest BCUT2D eigenvalue weighted by molar-refractivity contribution is 0.576. The molecule has 0 atom stereocenters. The number of nitrogens with zero attached hydrogens (tertiary/aromatic N) is 1. The van der Waals surface area contributed by atoms with Gasteiger partial charge in [-0.25, -0.2) is 4.98 Å². The Morgan fingerprint density at radius 2 is 2.06 bits per heavy atom. The van der Waals surface area contributed by atoms with Crippen LogP contribution in [0.15, 0.2) is 5.38 Å². The Morgan fingerprint density at radius 3 is 2.67 bits per heavy atom. The van der Waals surface area contributed by atoms with E-state index >= 15 is 0 Å². The van der Waals surface area contributed by atoms with Gasteiger partial charge in [-0.2, -0.15) is 11.8 Å². The van der Waals surface area contributed by atoms with Crippen LogP contribution in [-0.4, -0.2) is 23.5 Å². The highest BCUT2D eigenvalue weighted by molar-refractivity contribution is 7.98. The van der Waals surface area contributed by atoms with Gasteiger partial charge in [0.1, 0.15) is 0 Å². The lowest BCUT2D eigenvalue weighted by Gasteiger charge is -2.13. The van der Waals surface area contributed by atoms with Gasteiger partial charge in [0, 0.05) is 17.3 Å². The van der Waals surface area contributed by atoms with Crippen LogP contribution in [-0.2, 0) is 12.0 Å². The molecule has 0 spiro atoms. The quantitative estimate of drug-likeness (QED) is 0.729. The Bertz CT molecular complexity index is 329. The van der Waals surface area contributed by atoms with E-state index in [0.717, 1.165) is 13.1 Å². The van der Waals surface area contributed by atoms with Crippen molar-refractivity contribution in [3.63, 3.8) is 0 Å². The lowest BCUT2D eigenvalue weighted by Crippen LogP contribution is -2.16. The number of thiazole rings is 1. The van der Waals surface area contributed by atoms with E-state index in [4.69, 9.17) is 0 Å². The first-order valence-corrected chi connectivity index (χ1v) is 8.96. The van der Waals surface area contributed by atoms with E-state index in [-0.39, 0.29) is 5.41 Å². The average molecular weight is 287 g/mol. The van der Waals surface area contributed by atoms with Gasteiger partial charge in [-0.3, -0.25) is 0 Å². The van der Waals surface area contributed by atoms with Crippen LogP contribution < -0.4 is 5.32 Å². The lowest BCUT2D eigenvalue weighted by atomic mass is 9.98. The van der Waals surface area contributed by atoms with Crippen LogP contribution >= 0.6 is 23.1 Å². The predicted octanol–water partition coefficient (Wildman–Crippen LogP) is 4.06. The van der Waals surface area contributed by atoms with Gasteiger partial charge in [0.25, 0.3) is 0 Å². The zero-order valence-electron chi connectivity index (χ0n) is 12.1. The average Bonchev–Trinajstić information content (AvgIpc) is 2.76. The van der Waals surface area contributed by atoms with E-state index in [2.05, 4.69) is 42.7 Å². The maximum absolute atomic E-state index is 4.68. The molecular formula is C14H26N2S2. The molecule has 1 heterocycles. The molecule has 4 heteroatoms. The second kappa shape index (κ2) is 8.18. The molecule has 1 rings (SSSR count). The first-order valence-electron chi connectivity index (χ1n) is 6.68. The SMILES string of the molecule is CSCCCCCNCc1csc(C(C)(C)C)n1. The predicted molar refractivity (Wildman–Crippen MR) is 84.8 cm³/mol. The molecule has 0 amide bonds. The summed E-state index contributed by atoms with van der Waals surface area (Å²) in [6.07, 6.45) is 6.12. The maximum atomic E-state index is 4.68. The van der Waals surface area contributed by atoms with Crippen LogP contribution in [0.4, 0.5) is 0 Å². The van der Waals surface area contributed by atoms with Crippen molar-refractivity contribution in [2.24, 2.45) is 0 Å². The van der Waals surface area contributed by atoms with E-state index in [0.29, 0.717) is 0 Å². The molecule has 1 N–H and O–H groups in total. The molecule has 1 aromatic rings. The van der Waals surface area contributed by atoms with E-state index in [1.54, 1.807) is 11.3 Å². The highest BCUT2D eigenvalue weighted by Gasteiger charge is 2.17. The smallest absolute Gasteiger partial charge is 0.0982 e. The van der Waals surface area contributed by atoms with Crippen LogP contribution in [0.25, 0.3) is 0 Å². The summed E-state index contributed by atoms with van der Waals surface area (Å²) in [6.45, 7) is 8.67. The van der Waals surface area contributed by atoms with Crippen molar-refractivity contribution in [3.05, 3.63) is 16.1 Å². The van der Waals surface area contributed by atoms with Gasteiger partial charge in [0.2, 0.25) is 0 Å². The molecule has 0 saturated heterocycles. The van der Waals surface area contributed by atoms with Crippen molar-refractivity contribution in [3.8, 4) is 0 Å². The fraction of sp³-hybridized carbons (Fsp3) is 0.786. The van der Waals surface area contributed by atoms with Crippen molar-refractivity contribution in [2.75, 3.05) is 18.6 Å². The van der Waals surface area contributed by atoms with Gasteiger partial charge < -0.3 is 5.32 Å². The molecule has 0 aliphatic rings.